The molecule has 1 saturated heterocycles. The van der Waals surface area contributed by atoms with Crippen LogP contribution in [0.3, 0.4) is 0 Å². The van der Waals surface area contributed by atoms with Crippen molar-refractivity contribution in [3.63, 3.8) is 0 Å². The van der Waals surface area contributed by atoms with Crippen LogP contribution in [-0.4, -0.2) is 49.1 Å². The Morgan fingerprint density at radius 1 is 0.870 bits per heavy atom. The summed E-state index contributed by atoms with van der Waals surface area (Å²) in [4.78, 5) is 4.98. The highest BCUT2D eigenvalue weighted by Gasteiger charge is 2.16. The van der Waals surface area contributed by atoms with E-state index in [9.17, 15) is 0 Å². The second-order valence-corrected chi connectivity index (χ2v) is 6.02. The zero-order valence-corrected chi connectivity index (χ0v) is 13.5. The highest BCUT2D eigenvalue weighted by atomic mass is 16.5. The van der Waals surface area contributed by atoms with E-state index in [0.717, 1.165) is 50.7 Å². The second-order valence-electron chi connectivity index (χ2n) is 6.02. The van der Waals surface area contributed by atoms with Gasteiger partial charge in [0.1, 0.15) is 12.4 Å². The molecule has 2 aromatic carbocycles. The summed E-state index contributed by atoms with van der Waals surface area (Å²) >= 11 is 0. The minimum absolute atomic E-state index is 0.710. The Hall–Kier alpha value is -2.04. The highest BCUT2D eigenvalue weighted by Crippen LogP contribution is 2.14. The van der Waals surface area contributed by atoms with Gasteiger partial charge in [-0.05, 0) is 17.7 Å². The molecule has 1 aliphatic heterocycles. The van der Waals surface area contributed by atoms with Gasteiger partial charge < -0.3 is 10.5 Å². The average molecular weight is 311 g/mol. The lowest BCUT2D eigenvalue weighted by atomic mass is 10.2. The van der Waals surface area contributed by atoms with Crippen LogP contribution < -0.4 is 10.5 Å². The van der Waals surface area contributed by atoms with Crippen LogP contribution in [-0.2, 0) is 6.54 Å². The Labute approximate surface area is 138 Å². The third kappa shape index (κ3) is 4.98. The summed E-state index contributed by atoms with van der Waals surface area (Å²) in [6.07, 6.45) is 0. The van der Waals surface area contributed by atoms with Gasteiger partial charge in [0.15, 0.2) is 0 Å². The zero-order valence-electron chi connectivity index (χ0n) is 13.5. The molecule has 1 aliphatic rings. The molecule has 4 nitrogen and oxygen atoms in total. The summed E-state index contributed by atoms with van der Waals surface area (Å²) in [7, 11) is 0. The van der Waals surface area contributed by atoms with E-state index in [1.54, 1.807) is 0 Å². The predicted octanol–water partition coefficient (Wildman–Crippen LogP) is 2.47. The van der Waals surface area contributed by atoms with E-state index in [4.69, 9.17) is 10.5 Å². The minimum atomic E-state index is 0.710. The number of benzene rings is 2. The van der Waals surface area contributed by atoms with Crippen LogP contribution in [0.4, 0.5) is 5.69 Å². The maximum atomic E-state index is 5.78. The molecule has 0 bridgehead atoms. The topological polar surface area (TPSA) is 41.7 Å². The summed E-state index contributed by atoms with van der Waals surface area (Å²) in [5.74, 6) is 0.854. The summed E-state index contributed by atoms with van der Waals surface area (Å²) < 4.78 is 5.78. The van der Waals surface area contributed by atoms with Crippen LogP contribution in [0.15, 0.2) is 54.6 Å². The third-order valence-corrected chi connectivity index (χ3v) is 4.25. The Balaban J connectivity index is 1.36. The Bertz CT molecular complexity index is 595. The quantitative estimate of drug-likeness (QED) is 0.832. The van der Waals surface area contributed by atoms with Gasteiger partial charge in [-0.15, -0.1) is 0 Å². The van der Waals surface area contributed by atoms with Crippen molar-refractivity contribution in [1.29, 1.82) is 0 Å². The molecule has 1 heterocycles. The highest BCUT2D eigenvalue weighted by molar-refractivity contribution is 5.43. The van der Waals surface area contributed by atoms with Crippen molar-refractivity contribution in [1.82, 2.24) is 9.80 Å². The van der Waals surface area contributed by atoms with E-state index in [1.807, 2.05) is 24.3 Å². The Morgan fingerprint density at radius 3 is 2.35 bits per heavy atom. The fraction of sp³-hybridized carbons (Fsp3) is 0.368. The van der Waals surface area contributed by atoms with E-state index >= 15 is 0 Å². The maximum absolute atomic E-state index is 5.78. The van der Waals surface area contributed by atoms with Gasteiger partial charge in [-0.25, -0.2) is 0 Å². The van der Waals surface area contributed by atoms with E-state index in [0.29, 0.717) is 6.61 Å². The van der Waals surface area contributed by atoms with Gasteiger partial charge in [0.2, 0.25) is 0 Å². The first-order valence-corrected chi connectivity index (χ1v) is 8.26. The van der Waals surface area contributed by atoms with Crippen molar-refractivity contribution < 1.29 is 4.74 Å². The van der Waals surface area contributed by atoms with Crippen molar-refractivity contribution in [3.8, 4) is 5.75 Å². The molecule has 2 N–H and O–H groups in total. The number of rotatable bonds is 6. The van der Waals surface area contributed by atoms with Gasteiger partial charge in [0.25, 0.3) is 0 Å². The van der Waals surface area contributed by atoms with Gasteiger partial charge in [0, 0.05) is 51.0 Å². The van der Waals surface area contributed by atoms with Crippen LogP contribution in [0.5, 0.6) is 5.75 Å². The monoisotopic (exact) mass is 311 g/mol. The molecule has 0 atom stereocenters. The lowest BCUT2D eigenvalue weighted by molar-refractivity contribution is 0.112. The van der Waals surface area contributed by atoms with Crippen LogP contribution in [0, 0.1) is 0 Å². The molecule has 0 saturated carbocycles. The molecule has 0 spiro atoms. The number of anilines is 1. The summed E-state index contributed by atoms with van der Waals surface area (Å²) in [5.41, 5.74) is 7.90. The van der Waals surface area contributed by atoms with Crippen molar-refractivity contribution >= 4 is 5.69 Å². The van der Waals surface area contributed by atoms with Crippen molar-refractivity contribution in [3.05, 3.63) is 60.2 Å². The molecule has 2 aromatic rings. The number of ether oxygens (including phenoxy) is 1. The smallest absolute Gasteiger partial charge is 0.121 e. The van der Waals surface area contributed by atoms with Gasteiger partial charge in [-0.1, -0.05) is 36.4 Å². The molecule has 4 heteroatoms. The van der Waals surface area contributed by atoms with Gasteiger partial charge in [-0.2, -0.15) is 0 Å². The van der Waals surface area contributed by atoms with Crippen LogP contribution in [0.1, 0.15) is 5.56 Å². The molecule has 122 valence electrons. The molecule has 3 rings (SSSR count). The second kappa shape index (κ2) is 7.99. The van der Waals surface area contributed by atoms with Gasteiger partial charge in [-0.3, -0.25) is 9.80 Å². The maximum Gasteiger partial charge on any atom is 0.121 e. The summed E-state index contributed by atoms with van der Waals surface area (Å²) in [6.45, 7) is 7.17. The largest absolute Gasteiger partial charge is 0.492 e. The average Bonchev–Trinajstić information content (AvgIpc) is 2.58. The van der Waals surface area contributed by atoms with Gasteiger partial charge in [0.05, 0.1) is 0 Å². The standard InChI is InChI=1S/C19H25N3O/c20-18-7-4-8-19(15-18)23-14-13-21-9-11-22(12-10-21)16-17-5-2-1-3-6-17/h1-8,15H,9-14,16,20H2. The summed E-state index contributed by atoms with van der Waals surface area (Å²) in [6, 6.07) is 18.3. The lowest BCUT2D eigenvalue weighted by Crippen LogP contribution is -2.47. The zero-order chi connectivity index (χ0) is 15.9. The molecular formula is C19H25N3O. The molecule has 0 aromatic heterocycles. The van der Waals surface area contributed by atoms with E-state index in [2.05, 4.69) is 40.1 Å². The molecule has 0 unspecified atom stereocenters. The Kier molecular flexibility index (Phi) is 5.51. The lowest BCUT2D eigenvalue weighted by Gasteiger charge is -2.34. The van der Waals surface area contributed by atoms with Crippen LogP contribution in [0.2, 0.25) is 0 Å². The van der Waals surface area contributed by atoms with E-state index < -0.39 is 0 Å². The molecule has 23 heavy (non-hydrogen) atoms. The number of hydrogen-bond donors (Lipinski definition) is 1. The molecule has 1 fully saturated rings. The van der Waals surface area contributed by atoms with E-state index in [1.165, 1.54) is 5.56 Å². The third-order valence-electron chi connectivity index (χ3n) is 4.25. The number of hydrogen-bond acceptors (Lipinski definition) is 4. The fourth-order valence-corrected chi connectivity index (χ4v) is 2.91. The minimum Gasteiger partial charge on any atom is -0.492 e. The normalized spacial score (nSPS) is 16.3. The van der Waals surface area contributed by atoms with Crippen LogP contribution in [0.25, 0.3) is 0 Å². The molecular weight excluding hydrogens is 286 g/mol. The van der Waals surface area contributed by atoms with E-state index in [-0.39, 0.29) is 0 Å². The Morgan fingerprint density at radius 2 is 1.61 bits per heavy atom. The van der Waals surface area contributed by atoms with Crippen molar-refractivity contribution in [2.75, 3.05) is 45.1 Å². The number of nitrogens with zero attached hydrogens (tertiary/aromatic N) is 2. The van der Waals surface area contributed by atoms with Crippen molar-refractivity contribution in [2.45, 2.75) is 6.54 Å². The number of nitrogens with two attached hydrogens (primary N) is 1. The first-order valence-electron chi connectivity index (χ1n) is 8.26. The SMILES string of the molecule is Nc1cccc(OCCN2CCN(Cc3ccccc3)CC2)c1. The predicted molar refractivity (Wildman–Crippen MR) is 94.5 cm³/mol. The van der Waals surface area contributed by atoms with Crippen molar-refractivity contribution in [2.24, 2.45) is 0 Å². The molecule has 0 aliphatic carbocycles. The summed E-state index contributed by atoms with van der Waals surface area (Å²) in [5, 5.41) is 0. The van der Waals surface area contributed by atoms with Gasteiger partial charge >= 0.3 is 0 Å². The fourth-order valence-electron chi connectivity index (χ4n) is 2.91. The number of piperazine rings is 1. The first kappa shape index (κ1) is 15.8. The van der Waals surface area contributed by atoms with Crippen LogP contribution >= 0.6 is 0 Å². The number of nitrogen functional groups attached to an aromatic ring is 1. The molecule has 0 amide bonds. The first-order chi connectivity index (χ1) is 11.3. The molecule has 0 radical (unpaired) electrons.